The van der Waals surface area contributed by atoms with Crippen LogP contribution in [0.1, 0.15) is 12.8 Å². The highest BCUT2D eigenvalue weighted by atomic mass is 35.5. The van der Waals surface area contributed by atoms with E-state index in [1.807, 2.05) is 11.9 Å². The van der Waals surface area contributed by atoms with Gasteiger partial charge in [0.25, 0.3) is 0 Å². The summed E-state index contributed by atoms with van der Waals surface area (Å²) in [5.74, 6) is -0.411. The lowest BCUT2D eigenvalue weighted by molar-refractivity contribution is 0.628. The van der Waals surface area contributed by atoms with Gasteiger partial charge in [-0.25, -0.2) is 4.39 Å². The van der Waals surface area contributed by atoms with Crippen molar-refractivity contribution < 1.29 is 4.39 Å². The van der Waals surface area contributed by atoms with Crippen molar-refractivity contribution in [2.45, 2.75) is 12.8 Å². The molecule has 0 unspecified atom stereocenters. The van der Waals surface area contributed by atoms with Crippen molar-refractivity contribution in [1.29, 1.82) is 5.26 Å². The van der Waals surface area contributed by atoms with Crippen molar-refractivity contribution in [3.8, 4) is 6.07 Å². The maximum Gasteiger partial charge on any atom is 0.141 e. The lowest BCUT2D eigenvalue weighted by Gasteiger charge is -2.18. The molecule has 15 heavy (non-hydrogen) atoms. The number of hydrogen-bond donors (Lipinski definition) is 0. The number of benzene rings is 1. The van der Waals surface area contributed by atoms with E-state index in [1.165, 1.54) is 6.07 Å². The second kappa shape index (κ2) is 5.57. The fraction of sp³-hybridized carbons (Fsp3) is 0.364. The van der Waals surface area contributed by atoms with Crippen LogP contribution in [0.15, 0.2) is 18.2 Å². The van der Waals surface area contributed by atoms with Crippen LogP contribution in [0.4, 0.5) is 10.1 Å². The molecule has 4 heteroatoms. The van der Waals surface area contributed by atoms with Crippen LogP contribution in [0.3, 0.4) is 0 Å². The van der Waals surface area contributed by atoms with Crippen LogP contribution in [0.5, 0.6) is 0 Å². The Balaban J connectivity index is 2.62. The first kappa shape index (κ1) is 11.8. The van der Waals surface area contributed by atoms with Gasteiger partial charge in [-0.3, -0.25) is 0 Å². The van der Waals surface area contributed by atoms with Gasteiger partial charge in [0.2, 0.25) is 0 Å². The van der Waals surface area contributed by atoms with Gasteiger partial charge in [0, 0.05) is 25.7 Å². The monoisotopic (exact) mass is 226 g/mol. The van der Waals surface area contributed by atoms with Crippen LogP contribution in [0.2, 0.25) is 5.02 Å². The second-order valence-electron chi connectivity index (χ2n) is 3.28. The molecule has 0 aromatic heterocycles. The van der Waals surface area contributed by atoms with Gasteiger partial charge in [-0.1, -0.05) is 11.6 Å². The van der Waals surface area contributed by atoms with E-state index in [0.717, 1.165) is 18.7 Å². The van der Waals surface area contributed by atoms with E-state index in [1.54, 1.807) is 12.1 Å². The van der Waals surface area contributed by atoms with Crippen LogP contribution in [0, 0.1) is 17.1 Å². The number of anilines is 1. The average molecular weight is 227 g/mol. The molecule has 0 bridgehead atoms. The molecule has 80 valence electrons. The maximum atomic E-state index is 12.9. The Labute approximate surface area is 93.9 Å². The Kier molecular flexibility index (Phi) is 4.38. The third-order valence-corrected chi connectivity index (χ3v) is 2.42. The minimum Gasteiger partial charge on any atom is -0.375 e. The van der Waals surface area contributed by atoms with Crippen molar-refractivity contribution in [2.24, 2.45) is 0 Å². The molecular formula is C11H12ClFN2. The fourth-order valence-electron chi connectivity index (χ4n) is 1.25. The molecule has 0 atom stereocenters. The van der Waals surface area contributed by atoms with Gasteiger partial charge in [-0.15, -0.1) is 0 Å². The second-order valence-corrected chi connectivity index (χ2v) is 3.69. The van der Waals surface area contributed by atoms with Crippen molar-refractivity contribution >= 4 is 17.3 Å². The zero-order valence-electron chi connectivity index (χ0n) is 8.50. The Morgan fingerprint density at radius 3 is 2.87 bits per heavy atom. The van der Waals surface area contributed by atoms with Crippen LogP contribution in [0.25, 0.3) is 0 Å². The van der Waals surface area contributed by atoms with E-state index < -0.39 is 5.82 Å². The third kappa shape index (κ3) is 3.41. The molecule has 0 amide bonds. The van der Waals surface area contributed by atoms with E-state index >= 15 is 0 Å². The minimum absolute atomic E-state index is 0.125. The number of nitriles is 1. The van der Waals surface area contributed by atoms with Gasteiger partial charge in [-0.2, -0.15) is 5.26 Å². The summed E-state index contributed by atoms with van der Waals surface area (Å²) in [5, 5.41) is 8.52. The predicted molar refractivity (Wildman–Crippen MR) is 59.5 cm³/mol. The normalized spacial score (nSPS) is 9.73. The third-order valence-electron chi connectivity index (χ3n) is 2.13. The molecule has 0 saturated heterocycles. The van der Waals surface area contributed by atoms with Crippen molar-refractivity contribution in [3.63, 3.8) is 0 Å². The molecule has 0 N–H and O–H groups in total. The smallest absolute Gasteiger partial charge is 0.141 e. The topological polar surface area (TPSA) is 27.0 Å². The first-order chi connectivity index (χ1) is 7.15. The van der Waals surface area contributed by atoms with Gasteiger partial charge < -0.3 is 4.90 Å². The zero-order chi connectivity index (χ0) is 11.3. The largest absolute Gasteiger partial charge is 0.375 e. The number of unbranched alkanes of at least 4 members (excludes halogenated alkanes) is 1. The summed E-state index contributed by atoms with van der Waals surface area (Å²) >= 11 is 5.67. The highest BCUT2D eigenvalue weighted by Crippen LogP contribution is 2.21. The van der Waals surface area contributed by atoms with Crippen LogP contribution in [-0.4, -0.2) is 13.6 Å². The van der Waals surface area contributed by atoms with Gasteiger partial charge in [0.1, 0.15) is 5.82 Å². The molecule has 0 fully saturated rings. The van der Waals surface area contributed by atoms with Gasteiger partial charge in [-0.05, 0) is 24.6 Å². The van der Waals surface area contributed by atoms with E-state index in [0.29, 0.717) is 6.42 Å². The SMILES string of the molecule is CN(CCCC#N)c1ccc(F)c(Cl)c1. The van der Waals surface area contributed by atoms with Gasteiger partial charge in [0.15, 0.2) is 0 Å². The molecule has 0 spiro atoms. The highest BCUT2D eigenvalue weighted by Gasteiger charge is 2.04. The lowest BCUT2D eigenvalue weighted by atomic mass is 10.2. The molecule has 0 radical (unpaired) electrons. The summed E-state index contributed by atoms with van der Waals surface area (Å²) in [4.78, 5) is 1.95. The summed E-state index contributed by atoms with van der Waals surface area (Å²) in [6.07, 6.45) is 1.32. The fourth-order valence-corrected chi connectivity index (χ4v) is 1.42. The molecule has 0 aliphatic heterocycles. The summed E-state index contributed by atoms with van der Waals surface area (Å²) in [7, 11) is 1.89. The quantitative estimate of drug-likeness (QED) is 0.737. The predicted octanol–water partition coefficient (Wildman–Crippen LogP) is 3.22. The molecule has 1 aromatic carbocycles. The van der Waals surface area contributed by atoms with E-state index in [-0.39, 0.29) is 5.02 Å². The molecule has 1 aromatic rings. The highest BCUT2D eigenvalue weighted by molar-refractivity contribution is 6.31. The van der Waals surface area contributed by atoms with Crippen LogP contribution in [-0.2, 0) is 0 Å². The van der Waals surface area contributed by atoms with Gasteiger partial charge >= 0.3 is 0 Å². The lowest BCUT2D eigenvalue weighted by Crippen LogP contribution is -2.18. The maximum absolute atomic E-state index is 12.9. The van der Waals surface area contributed by atoms with Crippen molar-refractivity contribution in [1.82, 2.24) is 0 Å². The summed E-state index contributed by atoms with van der Waals surface area (Å²) in [6.45, 7) is 0.759. The molecule has 0 aliphatic carbocycles. The summed E-state index contributed by atoms with van der Waals surface area (Å²) in [6, 6.07) is 6.69. The average Bonchev–Trinajstić information content (AvgIpc) is 2.22. The van der Waals surface area contributed by atoms with E-state index in [9.17, 15) is 4.39 Å². The molecule has 1 rings (SSSR count). The number of hydrogen-bond acceptors (Lipinski definition) is 2. The number of nitrogens with zero attached hydrogens (tertiary/aromatic N) is 2. The Hall–Kier alpha value is -1.27. The number of rotatable bonds is 4. The van der Waals surface area contributed by atoms with E-state index in [4.69, 9.17) is 16.9 Å². The number of halogens is 2. The van der Waals surface area contributed by atoms with Gasteiger partial charge in [0.05, 0.1) is 11.1 Å². The Morgan fingerprint density at radius 2 is 2.27 bits per heavy atom. The first-order valence-electron chi connectivity index (χ1n) is 4.68. The first-order valence-corrected chi connectivity index (χ1v) is 5.06. The standard InChI is InChI=1S/C11H12ClFN2/c1-15(7-3-2-6-14)9-4-5-11(13)10(12)8-9/h4-5,8H,2-3,7H2,1H3. The van der Waals surface area contributed by atoms with Crippen molar-refractivity contribution in [3.05, 3.63) is 29.0 Å². The molecule has 0 aliphatic rings. The summed E-state index contributed by atoms with van der Waals surface area (Å²) < 4.78 is 12.9. The molecular weight excluding hydrogens is 215 g/mol. The molecule has 0 saturated carbocycles. The van der Waals surface area contributed by atoms with E-state index in [2.05, 4.69) is 6.07 Å². The van der Waals surface area contributed by atoms with Crippen molar-refractivity contribution in [2.75, 3.05) is 18.5 Å². The molecule has 0 heterocycles. The minimum atomic E-state index is -0.411. The molecule has 2 nitrogen and oxygen atoms in total. The summed E-state index contributed by atoms with van der Waals surface area (Å²) in [5.41, 5.74) is 0.860. The van der Waals surface area contributed by atoms with Crippen LogP contribution >= 0.6 is 11.6 Å². The zero-order valence-corrected chi connectivity index (χ0v) is 9.26. The Bertz CT molecular complexity index is 373. The van der Waals surface area contributed by atoms with Crippen LogP contribution < -0.4 is 4.90 Å². The Morgan fingerprint density at radius 1 is 1.53 bits per heavy atom.